The zero-order valence-corrected chi connectivity index (χ0v) is 28.1. The fraction of sp³-hybridized carbons (Fsp3) is 0. The van der Waals surface area contributed by atoms with Crippen LogP contribution in [0, 0.1) is 0 Å². The molecule has 0 aliphatic heterocycles. The molecular formula is C47H32N2S. The highest BCUT2D eigenvalue weighted by Crippen LogP contribution is 2.43. The first-order chi connectivity index (χ1) is 24.8. The van der Waals surface area contributed by atoms with Crippen LogP contribution in [0.5, 0.6) is 0 Å². The van der Waals surface area contributed by atoms with E-state index in [1.807, 2.05) is 0 Å². The summed E-state index contributed by atoms with van der Waals surface area (Å²) in [6.45, 7) is 0. The third-order valence-electron chi connectivity index (χ3n) is 9.31. The van der Waals surface area contributed by atoms with Gasteiger partial charge in [-0.15, -0.1) is 11.3 Å². The minimum absolute atomic E-state index is 1.03. The average Bonchev–Trinajstić information content (AvgIpc) is 3.65. The largest absolute Gasteiger partial charge is 0.311 e. The van der Waals surface area contributed by atoms with Gasteiger partial charge < -0.3 is 4.90 Å². The molecule has 9 rings (SSSR count). The number of hydrogen-bond acceptors (Lipinski definition) is 3. The van der Waals surface area contributed by atoms with Crippen molar-refractivity contribution in [1.29, 1.82) is 0 Å². The van der Waals surface area contributed by atoms with Gasteiger partial charge in [-0.25, -0.2) is 4.98 Å². The summed E-state index contributed by atoms with van der Waals surface area (Å²) >= 11 is 1.76. The zero-order chi connectivity index (χ0) is 33.3. The van der Waals surface area contributed by atoms with Gasteiger partial charge in [0.05, 0.1) is 10.2 Å². The van der Waals surface area contributed by atoms with Gasteiger partial charge in [0.25, 0.3) is 0 Å². The second-order valence-corrected chi connectivity index (χ2v) is 13.4. The molecule has 2 nitrogen and oxygen atoms in total. The molecule has 50 heavy (non-hydrogen) atoms. The van der Waals surface area contributed by atoms with E-state index in [4.69, 9.17) is 4.98 Å². The summed E-state index contributed by atoms with van der Waals surface area (Å²) in [6.07, 6.45) is 0. The predicted molar refractivity (Wildman–Crippen MR) is 214 cm³/mol. The van der Waals surface area contributed by atoms with Crippen molar-refractivity contribution < 1.29 is 0 Å². The monoisotopic (exact) mass is 656 g/mol. The van der Waals surface area contributed by atoms with Gasteiger partial charge in [-0.1, -0.05) is 152 Å². The molecule has 3 heteroatoms. The van der Waals surface area contributed by atoms with Crippen molar-refractivity contribution in [3.63, 3.8) is 0 Å². The highest BCUT2D eigenvalue weighted by atomic mass is 32.1. The minimum atomic E-state index is 1.03. The third kappa shape index (κ3) is 5.64. The zero-order valence-electron chi connectivity index (χ0n) is 27.3. The lowest BCUT2D eigenvalue weighted by Crippen LogP contribution is -2.09. The molecule has 1 heterocycles. The van der Waals surface area contributed by atoms with Gasteiger partial charge in [-0.05, 0) is 75.5 Å². The van der Waals surface area contributed by atoms with Crippen LogP contribution in [0.25, 0.3) is 64.9 Å². The number of aromatic nitrogens is 1. The molecule has 0 unspecified atom stereocenters. The van der Waals surface area contributed by atoms with Crippen LogP contribution in [-0.4, -0.2) is 4.98 Å². The smallest absolute Gasteiger partial charge is 0.124 e. The summed E-state index contributed by atoms with van der Waals surface area (Å²) in [5.74, 6) is 0. The molecule has 9 aromatic rings. The van der Waals surface area contributed by atoms with Crippen LogP contribution in [-0.2, 0) is 0 Å². The van der Waals surface area contributed by atoms with E-state index in [2.05, 4.69) is 199 Å². The molecule has 8 aromatic carbocycles. The minimum Gasteiger partial charge on any atom is -0.311 e. The van der Waals surface area contributed by atoms with Crippen molar-refractivity contribution in [3.8, 4) is 44.0 Å². The number of fused-ring (bicyclic) bond motifs is 2. The number of para-hydroxylation sites is 1. The van der Waals surface area contributed by atoms with Crippen LogP contribution in [0.2, 0.25) is 0 Å². The van der Waals surface area contributed by atoms with Crippen molar-refractivity contribution >= 4 is 49.4 Å². The molecule has 0 amide bonds. The van der Waals surface area contributed by atoms with Crippen LogP contribution in [0.1, 0.15) is 0 Å². The molecule has 236 valence electrons. The Morgan fingerprint density at radius 1 is 0.360 bits per heavy atom. The maximum atomic E-state index is 5.22. The van der Waals surface area contributed by atoms with E-state index in [-0.39, 0.29) is 0 Å². The molecule has 0 fully saturated rings. The molecule has 0 bridgehead atoms. The van der Waals surface area contributed by atoms with Crippen LogP contribution >= 0.6 is 11.3 Å². The normalized spacial score (nSPS) is 11.2. The van der Waals surface area contributed by atoms with Gasteiger partial charge in [0.1, 0.15) is 5.01 Å². The lowest BCUT2D eigenvalue weighted by atomic mass is 9.98. The molecule has 0 spiro atoms. The number of rotatable bonds is 7. The van der Waals surface area contributed by atoms with E-state index < -0.39 is 0 Å². The number of anilines is 3. The fourth-order valence-electron chi connectivity index (χ4n) is 6.77. The Labute approximate surface area is 296 Å². The Morgan fingerprint density at radius 2 is 0.860 bits per heavy atom. The van der Waals surface area contributed by atoms with Crippen molar-refractivity contribution in [3.05, 3.63) is 194 Å². The SMILES string of the molecule is c1ccc(-c2nc3c(-c4ccccc4)ccc(-c4ccc(N(c5ccccc5)c5ccc(-c6ccc7ccccc7c6)cc5)cc4)c3s2)cc1. The second kappa shape index (κ2) is 13.0. The summed E-state index contributed by atoms with van der Waals surface area (Å²) in [4.78, 5) is 7.55. The summed E-state index contributed by atoms with van der Waals surface area (Å²) in [7, 11) is 0. The lowest BCUT2D eigenvalue weighted by Gasteiger charge is -2.26. The van der Waals surface area contributed by atoms with Gasteiger partial charge in [-0.2, -0.15) is 0 Å². The van der Waals surface area contributed by atoms with E-state index in [1.165, 1.54) is 43.3 Å². The van der Waals surface area contributed by atoms with Crippen LogP contribution < -0.4 is 4.90 Å². The summed E-state index contributed by atoms with van der Waals surface area (Å²) in [6, 6.07) is 69.2. The summed E-state index contributed by atoms with van der Waals surface area (Å²) in [5.41, 5.74) is 12.6. The first kappa shape index (κ1) is 29.8. The van der Waals surface area contributed by atoms with E-state index in [9.17, 15) is 0 Å². The number of hydrogen-bond donors (Lipinski definition) is 0. The van der Waals surface area contributed by atoms with Gasteiger partial charge in [-0.3, -0.25) is 0 Å². The highest BCUT2D eigenvalue weighted by molar-refractivity contribution is 7.22. The van der Waals surface area contributed by atoms with Crippen molar-refractivity contribution in [1.82, 2.24) is 4.98 Å². The predicted octanol–water partition coefficient (Wildman–Crippen LogP) is 13.6. The Morgan fingerprint density at radius 3 is 1.54 bits per heavy atom. The lowest BCUT2D eigenvalue weighted by molar-refractivity contribution is 1.28. The Bertz CT molecular complexity index is 2560. The molecule has 0 saturated heterocycles. The Hall–Kier alpha value is -6.29. The Kier molecular flexibility index (Phi) is 7.73. The first-order valence-corrected chi connectivity index (χ1v) is 17.7. The van der Waals surface area contributed by atoms with Gasteiger partial charge in [0, 0.05) is 33.8 Å². The van der Waals surface area contributed by atoms with Crippen LogP contribution in [0.15, 0.2) is 194 Å². The number of benzene rings is 8. The second-order valence-electron chi connectivity index (χ2n) is 12.4. The van der Waals surface area contributed by atoms with E-state index >= 15 is 0 Å². The molecule has 0 saturated carbocycles. The molecular weight excluding hydrogens is 625 g/mol. The molecule has 0 N–H and O–H groups in total. The number of thiazole rings is 1. The van der Waals surface area contributed by atoms with Crippen molar-refractivity contribution in [2.45, 2.75) is 0 Å². The Balaban J connectivity index is 1.10. The maximum absolute atomic E-state index is 5.22. The standard InChI is InChI=1S/C47H32N2S/c1-4-13-35(14-5-1)43-30-31-44(46-45(43)48-47(50-46)37-15-6-2-7-16-37)36-24-28-42(29-25-36)49(40-18-8-3-9-19-40)41-26-22-34(23-27-41)39-21-20-33-12-10-11-17-38(33)32-39/h1-32H. The van der Waals surface area contributed by atoms with Crippen molar-refractivity contribution in [2.75, 3.05) is 4.90 Å². The molecule has 0 aliphatic rings. The molecule has 0 atom stereocenters. The van der Waals surface area contributed by atoms with Crippen molar-refractivity contribution in [2.24, 2.45) is 0 Å². The number of nitrogens with zero attached hydrogens (tertiary/aromatic N) is 2. The van der Waals surface area contributed by atoms with Crippen LogP contribution in [0.4, 0.5) is 17.1 Å². The average molecular weight is 657 g/mol. The maximum Gasteiger partial charge on any atom is 0.124 e. The summed E-state index contributed by atoms with van der Waals surface area (Å²) in [5, 5.41) is 3.54. The topological polar surface area (TPSA) is 16.1 Å². The van der Waals surface area contributed by atoms with Gasteiger partial charge in [0.2, 0.25) is 0 Å². The molecule has 1 aromatic heterocycles. The van der Waals surface area contributed by atoms with E-state index in [0.29, 0.717) is 0 Å². The summed E-state index contributed by atoms with van der Waals surface area (Å²) < 4.78 is 1.20. The van der Waals surface area contributed by atoms with E-state index in [0.717, 1.165) is 38.7 Å². The quantitative estimate of drug-likeness (QED) is 0.170. The first-order valence-electron chi connectivity index (χ1n) is 16.9. The fourth-order valence-corrected chi connectivity index (χ4v) is 7.91. The highest BCUT2D eigenvalue weighted by Gasteiger charge is 2.17. The van der Waals surface area contributed by atoms with Gasteiger partial charge >= 0.3 is 0 Å². The van der Waals surface area contributed by atoms with Crippen LogP contribution in [0.3, 0.4) is 0 Å². The third-order valence-corrected chi connectivity index (χ3v) is 10.4. The molecule has 0 radical (unpaired) electrons. The van der Waals surface area contributed by atoms with Gasteiger partial charge in [0.15, 0.2) is 0 Å². The molecule has 0 aliphatic carbocycles. The van der Waals surface area contributed by atoms with E-state index in [1.54, 1.807) is 11.3 Å².